The van der Waals surface area contributed by atoms with E-state index in [1.54, 1.807) is 0 Å². The van der Waals surface area contributed by atoms with E-state index in [9.17, 15) is 9.18 Å². The minimum absolute atomic E-state index is 0.134. The van der Waals surface area contributed by atoms with Gasteiger partial charge in [0.15, 0.2) is 0 Å². The first-order valence-electron chi connectivity index (χ1n) is 5.69. The molecule has 0 atom stereocenters. The molecule has 0 bridgehead atoms. The van der Waals surface area contributed by atoms with Crippen molar-refractivity contribution in [3.8, 4) is 0 Å². The standard InChI is InChI=1S/C13H12BrFO2/c1-17-12(16)10-7-2-3-13(4-5-13)11(7)8(14)6-9(10)15/h6H,2-5H2,1H3. The van der Waals surface area contributed by atoms with Crippen LogP contribution in [0.3, 0.4) is 0 Å². The summed E-state index contributed by atoms with van der Waals surface area (Å²) < 4.78 is 19.4. The van der Waals surface area contributed by atoms with Gasteiger partial charge in [-0.25, -0.2) is 9.18 Å². The molecule has 0 saturated heterocycles. The summed E-state index contributed by atoms with van der Waals surface area (Å²) >= 11 is 3.43. The fraction of sp³-hybridized carbons (Fsp3) is 0.462. The Labute approximate surface area is 107 Å². The van der Waals surface area contributed by atoms with Crippen LogP contribution in [0, 0.1) is 5.82 Å². The fourth-order valence-corrected chi connectivity index (χ4v) is 3.82. The van der Waals surface area contributed by atoms with Gasteiger partial charge >= 0.3 is 5.97 Å². The lowest BCUT2D eigenvalue weighted by Crippen LogP contribution is -2.10. The molecule has 0 N–H and O–H groups in total. The topological polar surface area (TPSA) is 26.3 Å². The zero-order valence-corrected chi connectivity index (χ0v) is 11.1. The van der Waals surface area contributed by atoms with Gasteiger partial charge in [-0.1, -0.05) is 15.9 Å². The van der Waals surface area contributed by atoms with Crippen molar-refractivity contribution < 1.29 is 13.9 Å². The minimum atomic E-state index is -0.566. The molecule has 0 aliphatic heterocycles. The highest BCUT2D eigenvalue weighted by Crippen LogP contribution is 2.59. The predicted octanol–water partition coefficient (Wildman–Crippen LogP) is 3.35. The molecule has 2 nitrogen and oxygen atoms in total. The van der Waals surface area contributed by atoms with Gasteiger partial charge in [0, 0.05) is 4.47 Å². The zero-order chi connectivity index (χ0) is 12.2. The van der Waals surface area contributed by atoms with E-state index in [4.69, 9.17) is 0 Å². The molecule has 17 heavy (non-hydrogen) atoms. The molecule has 1 spiro atoms. The smallest absolute Gasteiger partial charge is 0.341 e. The number of benzene rings is 1. The van der Waals surface area contributed by atoms with Crippen LogP contribution in [0.5, 0.6) is 0 Å². The molecule has 3 rings (SSSR count). The molecular weight excluding hydrogens is 287 g/mol. The van der Waals surface area contributed by atoms with Crippen LogP contribution in [-0.4, -0.2) is 13.1 Å². The fourth-order valence-electron chi connectivity index (χ4n) is 2.96. The van der Waals surface area contributed by atoms with Crippen molar-refractivity contribution in [3.63, 3.8) is 0 Å². The van der Waals surface area contributed by atoms with Crippen molar-refractivity contribution in [3.05, 3.63) is 33.0 Å². The molecule has 1 fully saturated rings. The highest BCUT2D eigenvalue weighted by molar-refractivity contribution is 9.10. The number of hydrogen-bond donors (Lipinski definition) is 0. The third kappa shape index (κ3) is 1.46. The van der Waals surface area contributed by atoms with E-state index in [0.717, 1.165) is 41.3 Å². The van der Waals surface area contributed by atoms with Gasteiger partial charge in [-0.05, 0) is 48.3 Å². The Morgan fingerprint density at radius 3 is 2.76 bits per heavy atom. The van der Waals surface area contributed by atoms with Crippen molar-refractivity contribution in [1.82, 2.24) is 0 Å². The molecule has 0 heterocycles. The second-order valence-electron chi connectivity index (χ2n) is 4.84. The zero-order valence-electron chi connectivity index (χ0n) is 9.48. The predicted molar refractivity (Wildman–Crippen MR) is 64.7 cm³/mol. The van der Waals surface area contributed by atoms with Crippen molar-refractivity contribution in [2.24, 2.45) is 0 Å². The summed E-state index contributed by atoms with van der Waals surface area (Å²) in [5, 5.41) is 0. The van der Waals surface area contributed by atoms with Crippen LogP contribution in [0.15, 0.2) is 10.5 Å². The second kappa shape index (κ2) is 3.55. The summed E-state index contributed by atoms with van der Waals surface area (Å²) in [5.74, 6) is -1.05. The lowest BCUT2D eigenvalue weighted by molar-refractivity contribution is 0.0594. The molecule has 2 aliphatic rings. The molecular formula is C13H12BrFO2. The summed E-state index contributed by atoms with van der Waals surface area (Å²) in [6.07, 6.45) is 4.08. The van der Waals surface area contributed by atoms with E-state index in [2.05, 4.69) is 20.7 Å². The lowest BCUT2D eigenvalue weighted by Gasteiger charge is -2.13. The summed E-state index contributed by atoms with van der Waals surface area (Å²) in [4.78, 5) is 11.7. The van der Waals surface area contributed by atoms with Crippen LogP contribution < -0.4 is 0 Å². The SMILES string of the molecule is COC(=O)c1c(F)cc(Br)c2c1CCC21CC1. The molecule has 4 heteroatoms. The van der Waals surface area contributed by atoms with Crippen LogP contribution in [-0.2, 0) is 16.6 Å². The molecule has 0 unspecified atom stereocenters. The van der Waals surface area contributed by atoms with E-state index in [1.165, 1.54) is 13.2 Å². The molecule has 0 aromatic heterocycles. The van der Waals surface area contributed by atoms with E-state index in [-0.39, 0.29) is 11.0 Å². The Hall–Kier alpha value is -0.900. The number of methoxy groups -OCH3 is 1. The first-order chi connectivity index (χ1) is 8.09. The molecule has 0 amide bonds. The maximum Gasteiger partial charge on any atom is 0.341 e. The van der Waals surface area contributed by atoms with Gasteiger partial charge in [-0.3, -0.25) is 0 Å². The molecule has 1 aromatic rings. The molecule has 1 saturated carbocycles. The number of rotatable bonds is 1. The number of ether oxygens (including phenoxy) is 1. The normalized spacial score (nSPS) is 19.2. The number of carbonyl (C=O) groups is 1. The van der Waals surface area contributed by atoms with Crippen molar-refractivity contribution >= 4 is 21.9 Å². The second-order valence-corrected chi connectivity index (χ2v) is 5.70. The Morgan fingerprint density at radius 2 is 2.18 bits per heavy atom. The molecule has 0 radical (unpaired) electrons. The van der Waals surface area contributed by atoms with Gasteiger partial charge in [-0.15, -0.1) is 0 Å². The molecule has 2 aliphatic carbocycles. The Kier molecular flexibility index (Phi) is 2.34. The third-order valence-corrected chi connectivity index (χ3v) is 4.59. The summed E-state index contributed by atoms with van der Waals surface area (Å²) in [7, 11) is 1.29. The highest BCUT2D eigenvalue weighted by Gasteiger charge is 2.51. The van der Waals surface area contributed by atoms with Crippen LogP contribution in [0.4, 0.5) is 4.39 Å². The first-order valence-corrected chi connectivity index (χ1v) is 6.48. The van der Waals surface area contributed by atoms with E-state index < -0.39 is 11.8 Å². The largest absolute Gasteiger partial charge is 0.465 e. The monoisotopic (exact) mass is 298 g/mol. The van der Waals surface area contributed by atoms with Crippen molar-refractivity contribution in [2.75, 3.05) is 7.11 Å². The van der Waals surface area contributed by atoms with Crippen LogP contribution in [0.2, 0.25) is 0 Å². The van der Waals surface area contributed by atoms with Crippen LogP contribution >= 0.6 is 15.9 Å². The Balaban J connectivity index is 2.25. The average Bonchev–Trinajstić information content (AvgIpc) is 2.95. The summed E-state index contributed by atoms with van der Waals surface area (Å²) in [6.45, 7) is 0. The maximum atomic E-state index is 13.9. The molecule has 1 aromatic carbocycles. The number of carbonyl (C=O) groups excluding carboxylic acids is 1. The number of hydrogen-bond acceptors (Lipinski definition) is 2. The number of fused-ring (bicyclic) bond motifs is 2. The quantitative estimate of drug-likeness (QED) is 0.743. The third-order valence-electron chi connectivity index (χ3n) is 3.96. The van der Waals surface area contributed by atoms with Gasteiger partial charge in [0.05, 0.1) is 12.7 Å². The van der Waals surface area contributed by atoms with E-state index >= 15 is 0 Å². The van der Waals surface area contributed by atoms with Crippen LogP contribution in [0.1, 0.15) is 40.7 Å². The van der Waals surface area contributed by atoms with Gasteiger partial charge in [0.2, 0.25) is 0 Å². The molecule has 90 valence electrons. The van der Waals surface area contributed by atoms with Gasteiger partial charge in [-0.2, -0.15) is 0 Å². The van der Waals surface area contributed by atoms with Crippen molar-refractivity contribution in [1.29, 1.82) is 0 Å². The van der Waals surface area contributed by atoms with E-state index in [1.807, 2.05) is 0 Å². The van der Waals surface area contributed by atoms with Gasteiger partial charge < -0.3 is 4.74 Å². The van der Waals surface area contributed by atoms with Gasteiger partial charge in [0.25, 0.3) is 0 Å². The van der Waals surface area contributed by atoms with Gasteiger partial charge in [0.1, 0.15) is 5.82 Å². The first kappa shape index (κ1) is 11.2. The summed E-state index contributed by atoms with van der Waals surface area (Å²) in [6, 6.07) is 1.40. The lowest BCUT2D eigenvalue weighted by atomic mass is 9.96. The Bertz CT molecular complexity index is 521. The van der Waals surface area contributed by atoms with Crippen LogP contribution in [0.25, 0.3) is 0 Å². The number of esters is 1. The minimum Gasteiger partial charge on any atom is -0.465 e. The van der Waals surface area contributed by atoms with Crippen molar-refractivity contribution in [2.45, 2.75) is 31.1 Å². The summed E-state index contributed by atoms with van der Waals surface area (Å²) in [5.41, 5.74) is 2.33. The van der Waals surface area contributed by atoms with E-state index in [0.29, 0.717) is 0 Å². The average molecular weight is 299 g/mol. The Morgan fingerprint density at radius 1 is 1.47 bits per heavy atom. The number of halogens is 2. The highest BCUT2D eigenvalue weighted by atomic mass is 79.9. The maximum absolute atomic E-state index is 13.9.